The molecule has 3 rings (SSSR count). The van der Waals surface area contributed by atoms with Crippen molar-refractivity contribution in [2.45, 2.75) is 40.7 Å². The van der Waals surface area contributed by atoms with Crippen molar-refractivity contribution in [1.29, 1.82) is 0 Å². The average molecular weight is 388 g/mol. The molecular formula is C22H26F2N2O2. The largest absolute Gasteiger partial charge is 0.431 e. The summed E-state index contributed by atoms with van der Waals surface area (Å²) in [4.78, 5) is 14.5. The van der Waals surface area contributed by atoms with E-state index in [4.69, 9.17) is 0 Å². The molecule has 0 aliphatic carbocycles. The molecular weight excluding hydrogens is 362 g/mol. The Hall–Kier alpha value is -3.02. The highest BCUT2D eigenvalue weighted by molar-refractivity contribution is 5.81. The zero-order chi connectivity index (χ0) is 21.2. The van der Waals surface area contributed by atoms with E-state index in [0.29, 0.717) is 13.3 Å². The van der Waals surface area contributed by atoms with Gasteiger partial charge in [0, 0.05) is 18.5 Å². The first-order valence-electron chi connectivity index (χ1n) is 8.98. The molecule has 1 heterocycles. The molecule has 150 valence electrons. The highest BCUT2D eigenvalue weighted by atomic mass is 19.3. The predicted molar refractivity (Wildman–Crippen MR) is 110 cm³/mol. The summed E-state index contributed by atoms with van der Waals surface area (Å²) < 4.78 is 29.6. The molecule has 1 amide bonds. The third kappa shape index (κ3) is 7.31. The van der Waals surface area contributed by atoms with E-state index in [1.54, 1.807) is 19.1 Å². The number of rotatable bonds is 4. The summed E-state index contributed by atoms with van der Waals surface area (Å²) in [6.45, 7) is 8.50. The molecule has 0 fully saturated rings. The molecule has 0 bridgehead atoms. The predicted octanol–water partition coefficient (Wildman–Crippen LogP) is 6.12. The van der Waals surface area contributed by atoms with Gasteiger partial charge in [-0.25, -0.2) is 0 Å². The molecule has 0 saturated heterocycles. The molecule has 2 aromatic carbocycles. The number of para-hydroxylation sites is 1. The molecule has 0 radical (unpaired) electrons. The summed E-state index contributed by atoms with van der Waals surface area (Å²) in [5.41, 5.74) is 3.41. The van der Waals surface area contributed by atoms with Gasteiger partial charge in [0.15, 0.2) is 0 Å². The standard InChI is InChI=1S/C10H11F2NO2.C10H9N.C2H6/c1-7-3-4-9(15-10(2,11)12)8(5-7)13-6-14;1-8-4-2-5-9-6-3-7-11-10(8)9;1-2/h3-6H,1-2H3,(H,13,14);2-7H,1H3;1-2H3. The van der Waals surface area contributed by atoms with E-state index in [1.807, 2.05) is 26.1 Å². The number of carbonyl (C=O) groups excluding carboxylic acids is 1. The number of anilines is 1. The minimum Gasteiger partial charge on any atom is -0.431 e. The number of alkyl halides is 2. The second-order valence-corrected chi connectivity index (χ2v) is 5.82. The smallest absolute Gasteiger partial charge is 0.394 e. The summed E-state index contributed by atoms with van der Waals surface area (Å²) in [7, 11) is 0. The molecule has 1 N–H and O–H groups in total. The quantitative estimate of drug-likeness (QED) is 0.548. The van der Waals surface area contributed by atoms with E-state index < -0.39 is 6.11 Å². The van der Waals surface area contributed by atoms with Gasteiger partial charge in [-0.1, -0.05) is 44.2 Å². The average Bonchev–Trinajstić information content (AvgIpc) is 2.66. The number of fused-ring (bicyclic) bond motifs is 1. The van der Waals surface area contributed by atoms with Crippen LogP contribution in [0.3, 0.4) is 0 Å². The lowest BCUT2D eigenvalue weighted by Crippen LogP contribution is -2.20. The van der Waals surface area contributed by atoms with Crippen molar-refractivity contribution in [3.05, 3.63) is 65.9 Å². The fraction of sp³-hybridized carbons (Fsp3) is 0.273. The van der Waals surface area contributed by atoms with E-state index in [2.05, 4.69) is 46.2 Å². The molecule has 3 aromatic rings. The number of carbonyl (C=O) groups is 1. The van der Waals surface area contributed by atoms with Crippen LogP contribution >= 0.6 is 0 Å². The summed E-state index contributed by atoms with van der Waals surface area (Å²) >= 11 is 0. The van der Waals surface area contributed by atoms with Gasteiger partial charge >= 0.3 is 6.11 Å². The highest BCUT2D eigenvalue weighted by Gasteiger charge is 2.24. The van der Waals surface area contributed by atoms with Crippen molar-refractivity contribution in [3.8, 4) is 5.75 Å². The van der Waals surface area contributed by atoms with Crippen LogP contribution in [0, 0.1) is 13.8 Å². The lowest BCUT2D eigenvalue weighted by Gasteiger charge is -2.16. The Balaban J connectivity index is 0.000000266. The van der Waals surface area contributed by atoms with Crippen molar-refractivity contribution >= 4 is 23.0 Å². The fourth-order valence-electron chi connectivity index (χ4n) is 2.36. The molecule has 1 aromatic heterocycles. The number of nitrogens with zero attached hydrogens (tertiary/aromatic N) is 1. The van der Waals surface area contributed by atoms with Crippen LogP contribution in [0.15, 0.2) is 54.7 Å². The number of hydrogen-bond acceptors (Lipinski definition) is 3. The third-order valence-electron chi connectivity index (χ3n) is 3.47. The van der Waals surface area contributed by atoms with Crippen molar-refractivity contribution in [2.75, 3.05) is 5.32 Å². The maximum Gasteiger partial charge on any atom is 0.394 e. The highest BCUT2D eigenvalue weighted by Crippen LogP contribution is 2.29. The maximum atomic E-state index is 12.6. The Morgan fingerprint density at radius 3 is 2.36 bits per heavy atom. The van der Waals surface area contributed by atoms with Gasteiger partial charge in [-0.2, -0.15) is 8.78 Å². The van der Waals surface area contributed by atoms with Gasteiger partial charge in [-0.15, -0.1) is 0 Å². The monoisotopic (exact) mass is 388 g/mol. The van der Waals surface area contributed by atoms with E-state index >= 15 is 0 Å². The fourth-order valence-corrected chi connectivity index (χ4v) is 2.36. The molecule has 0 aliphatic heterocycles. The molecule has 0 unspecified atom stereocenters. The van der Waals surface area contributed by atoms with Crippen LogP contribution in [0.2, 0.25) is 0 Å². The van der Waals surface area contributed by atoms with Crippen LogP contribution in [-0.4, -0.2) is 17.5 Å². The Morgan fingerprint density at radius 2 is 1.75 bits per heavy atom. The van der Waals surface area contributed by atoms with E-state index in [1.165, 1.54) is 17.0 Å². The second kappa shape index (κ2) is 11.0. The molecule has 6 heteroatoms. The normalized spacial score (nSPS) is 10.1. The van der Waals surface area contributed by atoms with Gasteiger partial charge < -0.3 is 10.1 Å². The number of benzene rings is 2. The van der Waals surface area contributed by atoms with Crippen LogP contribution < -0.4 is 10.1 Å². The number of nitrogens with one attached hydrogen (secondary N) is 1. The zero-order valence-corrected chi connectivity index (χ0v) is 16.8. The Bertz CT molecular complexity index is 888. The Labute approximate surface area is 164 Å². The zero-order valence-electron chi connectivity index (χ0n) is 16.8. The number of ether oxygens (including phenoxy) is 1. The van der Waals surface area contributed by atoms with Crippen LogP contribution in [0.4, 0.5) is 14.5 Å². The topological polar surface area (TPSA) is 51.2 Å². The summed E-state index contributed by atoms with van der Waals surface area (Å²) in [6, 6.07) is 14.8. The van der Waals surface area contributed by atoms with Gasteiger partial charge in [0.1, 0.15) is 5.75 Å². The summed E-state index contributed by atoms with van der Waals surface area (Å²) in [5, 5.41) is 3.52. The first-order chi connectivity index (χ1) is 13.3. The van der Waals surface area contributed by atoms with Gasteiger partial charge in [-0.05, 0) is 43.2 Å². The Morgan fingerprint density at radius 1 is 1.07 bits per heavy atom. The van der Waals surface area contributed by atoms with Gasteiger partial charge in [-0.3, -0.25) is 9.78 Å². The minimum absolute atomic E-state index is 0.0554. The number of aromatic nitrogens is 1. The SMILES string of the molecule is CC.Cc1ccc(OC(C)(F)F)c(NC=O)c1.Cc1cccc2cccnc12. The molecule has 28 heavy (non-hydrogen) atoms. The van der Waals surface area contributed by atoms with Gasteiger partial charge in [0.2, 0.25) is 6.41 Å². The van der Waals surface area contributed by atoms with Crippen molar-refractivity contribution in [3.63, 3.8) is 0 Å². The Kier molecular flexibility index (Phi) is 9.02. The lowest BCUT2D eigenvalue weighted by atomic mass is 10.1. The molecule has 4 nitrogen and oxygen atoms in total. The number of pyridine rings is 1. The molecule has 0 spiro atoms. The maximum absolute atomic E-state index is 12.6. The first kappa shape index (κ1) is 23.0. The molecule has 0 aliphatic rings. The lowest BCUT2D eigenvalue weighted by molar-refractivity contribution is -0.158. The summed E-state index contributed by atoms with van der Waals surface area (Å²) in [6.07, 6.45) is -1.03. The van der Waals surface area contributed by atoms with Crippen LogP contribution in [0.25, 0.3) is 10.9 Å². The number of amides is 1. The van der Waals surface area contributed by atoms with E-state index in [9.17, 15) is 13.6 Å². The van der Waals surface area contributed by atoms with Gasteiger partial charge in [0.05, 0.1) is 11.2 Å². The molecule has 0 saturated carbocycles. The second-order valence-electron chi connectivity index (χ2n) is 5.82. The van der Waals surface area contributed by atoms with E-state index in [0.717, 1.165) is 11.1 Å². The van der Waals surface area contributed by atoms with Crippen LogP contribution in [0.5, 0.6) is 5.75 Å². The van der Waals surface area contributed by atoms with E-state index in [-0.39, 0.29) is 11.4 Å². The molecule has 0 atom stereocenters. The first-order valence-corrected chi connectivity index (χ1v) is 8.98. The van der Waals surface area contributed by atoms with Crippen molar-refractivity contribution in [2.24, 2.45) is 0 Å². The minimum atomic E-state index is -3.27. The number of aryl methyl sites for hydroxylation is 2. The van der Waals surface area contributed by atoms with Crippen molar-refractivity contribution < 1.29 is 18.3 Å². The number of halogens is 2. The van der Waals surface area contributed by atoms with Crippen LogP contribution in [-0.2, 0) is 4.79 Å². The third-order valence-corrected chi connectivity index (χ3v) is 3.47. The summed E-state index contributed by atoms with van der Waals surface area (Å²) in [5.74, 6) is -0.0554. The van der Waals surface area contributed by atoms with Crippen LogP contribution in [0.1, 0.15) is 31.9 Å². The van der Waals surface area contributed by atoms with Gasteiger partial charge in [0.25, 0.3) is 0 Å². The number of hydrogen-bond donors (Lipinski definition) is 1. The van der Waals surface area contributed by atoms with Crippen molar-refractivity contribution in [1.82, 2.24) is 4.98 Å².